The van der Waals surface area contributed by atoms with Crippen molar-refractivity contribution in [1.29, 1.82) is 0 Å². The summed E-state index contributed by atoms with van der Waals surface area (Å²) in [5.74, 6) is 0. The van der Waals surface area contributed by atoms with Crippen molar-refractivity contribution in [3.8, 4) is 0 Å². The van der Waals surface area contributed by atoms with E-state index in [1.54, 1.807) is 13.8 Å². The van der Waals surface area contributed by atoms with Crippen molar-refractivity contribution >= 4 is 17.4 Å². The van der Waals surface area contributed by atoms with Gasteiger partial charge in [0.1, 0.15) is 0 Å². The molecular weight excluding hydrogens is 79.0 g/mol. The van der Waals surface area contributed by atoms with Crippen LogP contribution in [0, 0.1) is 0 Å². The Morgan fingerprint density at radius 3 is 1.40 bits per heavy atom. The minimum atomic E-state index is -0.167. The van der Waals surface area contributed by atoms with Gasteiger partial charge in [-0.1, -0.05) is 0 Å². The molecule has 1 N–H and O–H groups in total. The molecule has 5 heavy (non-hydrogen) atoms. The first-order valence-electron chi connectivity index (χ1n) is 1.41. The molecule has 0 unspecified atom stereocenters. The fourth-order valence-electron chi connectivity index (χ4n) is 0. The predicted octanol–water partition coefficient (Wildman–Crippen LogP) is -0.797. The Morgan fingerprint density at radius 2 is 1.40 bits per heavy atom. The van der Waals surface area contributed by atoms with Crippen LogP contribution in [0.15, 0.2) is 0 Å². The van der Waals surface area contributed by atoms with E-state index in [-0.39, 0.29) is 23.5 Å². The maximum Gasteiger partial charge on any atom is 0.187 e. The third-order valence-electron chi connectivity index (χ3n) is 0. The van der Waals surface area contributed by atoms with Crippen molar-refractivity contribution in [3.05, 3.63) is 0 Å². The lowest BCUT2D eigenvalue weighted by molar-refractivity contribution is 0.216. The van der Waals surface area contributed by atoms with E-state index in [9.17, 15) is 0 Å². The van der Waals surface area contributed by atoms with Gasteiger partial charge in [-0.05, 0) is 13.8 Å². The van der Waals surface area contributed by atoms with Gasteiger partial charge in [0.15, 0.2) is 17.4 Å². The average molecular weight is 90.1 g/mol. The summed E-state index contributed by atoms with van der Waals surface area (Å²) in [5.41, 5.74) is 0. The van der Waals surface area contributed by atoms with E-state index < -0.39 is 0 Å². The zero-order valence-electron chi connectivity index (χ0n) is 3.02. The molecule has 0 aromatic carbocycles. The van der Waals surface area contributed by atoms with Crippen molar-refractivity contribution in [2.24, 2.45) is 0 Å². The van der Waals surface area contributed by atoms with Gasteiger partial charge in [0.2, 0.25) is 0 Å². The molecule has 0 saturated heterocycles. The van der Waals surface area contributed by atoms with Gasteiger partial charge in [0, 0.05) is 6.10 Å². The summed E-state index contributed by atoms with van der Waals surface area (Å²) in [4.78, 5) is 0. The Bertz CT molecular complexity index is 11.6. The maximum atomic E-state index is 8.06. The summed E-state index contributed by atoms with van der Waals surface area (Å²) in [6.45, 7) is 3.44. The maximum absolute atomic E-state index is 8.06. The van der Waals surface area contributed by atoms with Gasteiger partial charge in [-0.25, -0.2) is 0 Å². The molecule has 0 saturated carbocycles. The molecule has 0 atom stereocenters. The monoisotopic (exact) mass is 90.1 g/mol. The zero-order chi connectivity index (χ0) is 3.58. The number of aliphatic hydroxyl groups excluding tert-OH is 1. The minimum Gasteiger partial charge on any atom is -0.394 e. The summed E-state index contributed by atoms with van der Waals surface area (Å²) in [7, 11) is 0. The van der Waals surface area contributed by atoms with E-state index in [4.69, 9.17) is 5.11 Å². The van der Waals surface area contributed by atoms with Crippen molar-refractivity contribution in [2.45, 2.75) is 20.0 Å². The summed E-state index contributed by atoms with van der Waals surface area (Å²) in [5, 5.41) is 8.06. The minimum absolute atomic E-state index is 0. The molecule has 0 aromatic heterocycles. The summed E-state index contributed by atoms with van der Waals surface area (Å²) < 4.78 is 0. The van der Waals surface area contributed by atoms with Crippen LogP contribution < -0.4 is 0 Å². The summed E-state index contributed by atoms with van der Waals surface area (Å²) >= 11 is 0. The third kappa shape index (κ3) is 115. The SMILES string of the molecule is CC(C)O.[AlH3]. The number of rotatable bonds is 0. The first kappa shape index (κ1) is 9.09. The Labute approximate surface area is 43.1 Å². The smallest absolute Gasteiger partial charge is 0.187 e. The van der Waals surface area contributed by atoms with E-state index >= 15 is 0 Å². The first-order valence-corrected chi connectivity index (χ1v) is 1.41. The number of hydrogen-bond donors (Lipinski definition) is 1. The van der Waals surface area contributed by atoms with Gasteiger partial charge in [-0.15, -0.1) is 0 Å². The fraction of sp³-hybridized carbons (Fsp3) is 1.00. The Balaban J connectivity index is 0. The molecule has 0 bridgehead atoms. The Kier molecular flexibility index (Phi) is 8.17. The van der Waals surface area contributed by atoms with Gasteiger partial charge < -0.3 is 5.11 Å². The molecule has 0 spiro atoms. The highest BCUT2D eigenvalue weighted by Gasteiger charge is 1.69. The van der Waals surface area contributed by atoms with Crippen molar-refractivity contribution < 1.29 is 5.11 Å². The van der Waals surface area contributed by atoms with Gasteiger partial charge in [0.25, 0.3) is 0 Å². The number of aliphatic hydroxyl groups is 1. The Morgan fingerprint density at radius 1 is 1.40 bits per heavy atom. The molecular formula is C3H11AlO. The van der Waals surface area contributed by atoms with Gasteiger partial charge in [0.05, 0.1) is 0 Å². The van der Waals surface area contributed by atoms with E-state index in [1.165, 1.54) is 0 Å². The Hall–Kier alpha value is 0.492. The first-order chi connectivity index (χ1) is 1.73. The van der Waals surface area contributed by atoms with Crippen LogP contribution in [0.5, 0.6) is 0 Å². The molecule has 32 valence electrons. The molecule has 0 aliphatic heterocycles. The van der Waals surface area contributed by atoms with Crippen LogP contribution in [0.4, 0.5) is 0 Å². The second kappa shape index (κ2) is 4.49. The van der Waals surface area contributed by atoms with Crippen LogP contribution in [-0.4, -0.2) is 28.6 Å². The molecule has 0 aliphatic rings. The lowest BCUT2D eigenvalue weighted by atomic mass is 10.5. The molecule has 2 heteroatoms. The highest BCUT2D eigenvalue weighted by Crippen LogP contribution is 1.65. The van der Waals surface area contributed by atoms with Gasteiger partial charge in [-0.3, -0.25) is 0 Å². The van der Waals surface area contributed by atoms with E-state index in [2.05, 4.69) is 0 Å². The van der Waals surface area contributed by atoms with Gasteiger partial charge in [-0.2, -0.15) is 0 Å². The van der Waals surface area contributed by atoms with Gasteiger partial charge >= 0.3 is 0 Å². The fourth-order valence-corrected chi connectivity index (χ4v) is 0. The lowest BCUT2D eigenvalue weighted by Crippen LogP contribution is -1.85. The van der Waals surface area contributed by atoms with Crippen molar-refractivity contribution in [1.82, 2.24) is 0 Å². The average Bonchev–Trinajstić information content (AvgIpc) is 0.811. The van der Waals surface area contributed by atoms with Crippen molar-refractivity contribution in [3.63, 3.8) is 0 Å². The molecule has 0 amide bonds. The molecule has 1 nitrogen and oxygen atoms in total. The van der Waals surface area contributed by atoms with Crippen LogP contribution in [0.25, 0.3) is 0 Å². The highest BCUT2D eigenvalue weighted by molar-refractivity contribution is 5.75. The molecule has 0 radical (unpaired) electrons. The second-order valence-electron chi connectivity index (χ2n) is 1.09. The molecule has 0 aliphatic carbocycles. The van der Waals surface area contributed by atoms with E-state index in [1.807, 2.05) is 0 Å². The van der Waals surface area contributed by atoms with E-state index in [0.29, 0.717) is 0 Å². The normalized spacial score (nSPS) is 7.20. The molecule has 0 fully saturated rings. The standard InChI is InChI=1S/C3H8O.Al.3H/c1-3(2)4;;;;/h3-4H,1-2H3;;;;. The summed E-state index contributed by atoms with van der Waals surface area (Å²) in [6, 6.07) is 0. The lowest BCUT2D eigenvalue weighted by Gasteiger charge is -1.80. The van der Waals surface area contributed by atoms with Crippen molar-refractivity contribution in [2.75, 3.05) is 0 Å². The van der Waals surface area contributed by atoms with Crippen LogP contribution in [-0.2, 0) is 0 Å². The van der Waals surface area contributed by atoms with Crippen LogP contribution in [0.3, 0.4) is 0 Å². The van der Waals surface area contributed by atoms with Crippen LogP contribution in [0.2, 0.25) is 0 Å². The van der Waals surface area contributed by atoms with Crippen LogP contribution >= 0.6 is 0 Å². The topological polar surface area (TPSA) is 20.2 Å². The quantitative estimate of drug-likeness (QED) is 0.386. The summed E-state index contributed by atoms with van der Waals surface area (Å²) in [6.07, 6.45) is -0.167. The third-order valence-corrected chi connectivity index (χ3v) is 0. The number of hydrogen-bond acceptors (Lipinski definition) is 1. The molecule has 0 rings (SSSR count). The zero-order valence-corrected chi connectivity index (χ0v) is 3.02. The van der Waals surface area contributed by atoms with E-state index in [0.717, 1.165) is 0 Å². The molecule has 0 heterocycles. The predicted molar refractivity (Wildman–Crippen MR) is 27.3 cm³/mol. The highest BCUT2D eigenvalue weighted by atomic mass is 27.0. The van der Waals surface area contributed by atoms with Crippen LogP contribution in [0.1, 0.15) is 13.8 Å². The molecule has 0 aromatic rings. The second-order valence-corrected chi connectivity index (χ2v) is 1.09. The largest absolute Gasteiger partial charge is 0.394 e.